The van der Waals surface area contributed by atoms with Gasteiger partial charge in [0.05, 0.1) is 21.8 Å². The largest absolute Gasteiger partial charge is 0.255 e. The monoisotopic (exact) mass is 258 g/mol. The van der Waals surface area contributed by atoms with Crippen LogP contribution in [0.4, 0.5) is 0 Å². The Kier molecular flexibility index (Phi) is 1.51. The zero-order valence-corrected chi connectivity index (χ0v) is 9.77. The van der Waals surface area contributed by atoms with E-state index in [1.54, 1.807) is 0 Å². The molecule has 0 saturated carbocycles. The highest BCUT2D eigenvalue weighted by Crippen LogP contribution is 2.31. The van der Waals surface area contributed by atoms with Gasteiger partial charge in [-0.1, -0.05) is 47.9 Å². The van der Waals surface area contributed by atoms with Crippen LogP contribution in [0.25, 0.3) is 11.1 Å². The van der Waals surface area contributed by atoms with Crippen LogP contribution >= 0.6 is 11.6 Å². The molecule has 0 heterocycles. The Balaban J connectivity index is 3.13. The van der Waals surface area contributed by atoms with Crippen LogP contribution in [-0.2, 0) is 10.8 Å². The van der Waals surface area contributed by atoms with Gasteiger partial charge in [-0.05, 0) is 17.6 Å². The van der Waals surface area contributed by atoms with Crippen LogP contribution in [0.3, 0.4) is 0 Å². The third-order valence-corrected chi connectivity index (χ3v) is 3.00. The van der Waals surface area contributed by atoms with Gasteiger partial charge in [0.2, 0.25) is 0 Å². The summed E-state index contributed by atoms with van der Waals surface area (Å²) in [6.07, 6.45) is 1.22. The highest BCUT2D eigenvalue weighted by Gasteiger charge is 2.09. The third-order valence-electron chi connectivity index (χ3n) is 1.83. The van der Waals surface area contributed by atoms with Crippen molar-refractivity contribution < 1.29 is 15.2 Å². The summed E-state index contributed by atoms with van der Waals surface area (Å²) in [5, 5.41) is -0.391. The van der Waals surface area contributed by atoms with Crippen LogP contribution in [0.2, 0.25) is 5.02 Å². The molecule has 1 nitrogen and oxygen atoms in total. The first-order valence-corrected chi connectivity index (χ1v) is 6.15. The summed E-state index contributed by atoms with van der Waals surface area (Å²) in [5.74, 6) is 0. The van der Waals surface area contributed by atoms with E-state index in [1.807, 2.05) is 0 Å². The van der Waals surface area contributed by atoms with Gasteiger partial charge >= 0.3 is 0 Å². The first-order chi connectivity index (χ1) is 11.0. The Morgan fingerprint density at radius 2 is 1.62 bits per heavy atom. The van der Waals surface area contributed by atoms with Crippen molar-refractivity contribution in [3.8, 4) is 11.1 Å². The van der Waals surface area contributed by atoms with E-state index in [0.717, 1.165) is 0 Å². The molecule has 0 N–H and O–H groups in total. The topological polar surface area (TPSA) is 17.1 Å². The number of hydrogen-bond acceptors (Lipinski definition) is 1. The molecule has 0 aliphatic carbocycles. The van der Waals surface area contributed by atoms with Crippen molar-refractivity contribution in [2.24, 2.45) is 0 Å². The van der Waals surface area contributed by atoms with E-state index in [2.05, 4.69) is 0 Å². The van der Waals surface area contributed by atoms with Gasteiger partial charge in [0.25, 0.3) is 0 Å². The fourth-order valence-electron chi connectivity index (χ4n) is 1.16. The van der Waals surface area contributed by atoms with E-state index in [9.17, 15) is 4.21 Å². The summed E-state index contributed by atoms with van der Waals surface area (Å²) in [6.45, 7) is 0. The lowest BCUT2D eigenvalue weighted by atomic mass is 10.1. The van der Waals surface area contributed by atoms with Crippen molar-refractivity contribution in [1.29, 1.82) is 0 Å². The first kappa shape index (κ1) is 5.03. The summed E-state index contributed by atoms with van der Waals surface area (Å²) in [5.41, 5.74) is -0.571. The average molecular weight is 259 g/mol. The third kappa shape index (κ3) is 2.18. The maximum atomic E-state index is 12.1. The fraction of sp³-hybridized carbons (Fsp3) is 0.0769. The minimum absolute atomic E-state index is 0.257. The standard InChI is InChI=1S/C13H11ClOS/c1-16(15)13-9-5-3-7-11(13)10-6-2-4-8-12(10)14/h2-9H,1H3/i2D,3D,4D,5D,6D,7D,8D,9D. The fourth-order valence-corrected chi connectivity index (χ4v) is 1.99. The molecular weight excluding hydrogens is 240 g/mol. The molecule has 0 radical (unpaired) electrons. The number of benzene rings is 2. The molecule has 2 aromatic rings. The first-order valence-electron chi connectivity index (χ1n) is 8.22. The van der Waals surface area contributed by atoms with Crippen LogP contribution in [0.15, 0.2) is 53.2 Å². The van der Waals surface area contributed by atoms with E-state index >= 15 is 0 Å². The molecule has 0 bridgehead atoms. The Morgan fingerprint density at radius 1 is 1.06 bits per heavy atom. The molecule has 16 heavy (non-hydrogen) atoms. The van der Waals surface area contributed by atoms with Crippen molar-refractivity contribution in [3.63, 3.8) is 0 Å². The zero-order valence-electron chi connectivity index (χ0n) is 16.2. The normalized spacial score (nSPS) is 19.4. The van der Waals surface area contributed by atoms with E-state index in [0.29, 0.717) is 0 Å². The van der Waals surface area contributed by atoms with Crippen LogP contribution in [0, 0.1) is 0 Å². The van der Waals surface area contributed by atoms with E-state index < -0.39 is 64.2 Å². The molecule has 0 fully saturated rings. The van der Waals surface area contributed by atoms with E-state index in [1.165, 1.54) is 6.26 Å². The quantitative estimate of drug-likeness (QED) is 0.802. The molecule has 1 atom stereocenters. The van der Waals surface area contributed by atoms with Crippen LogP contribution in [0.5, 0.6) is 0 Å². The van der Waals surface area contributed by atoms with Gasteiger partial charge in [-0.2, -0.15) is 0 Å². The van der Waals surface area contributed by atoms with Crippen molar-refractivity contribution in [1.82, 2.24) is 0 Å². The molecule has 82 valence electrons. The minimum Gasteiger partial charge on any atom is -0.255 e. The summed E-state index contributed by atoms with van der Waals surface area (Å²) in [4.78, 5) is -0.257. The second kappa shape index (κ2) is 4.81. The maximum Gasteiger partial charge on any atom is 0.0639 e. The average Bonchev–Trinajstić information content (AvgIpc) is 2.53. The molecule has 0 aromatic heterocycles. The number of halogens is 1. The van der Waals surface area contributed by atoms with Crippen molar-refractivity contribution in [2.45, 2.75) is 4.90 Å². The van der Waals surface area contributed by atoms with Gasteiger partial charge in [-0.3, -0.25) is 4.21 Å². The molecule has 0 saturated heterocycles. The summed E-state index contributed by atoms with van der Waals surface area (Å²) < 4.78 is 74.7. The number of hydrogen-bond donors (Lipinski definition) is 0. The van der Waals surface area contributed by atoms with Gasteiger partial charge in [0, 0.05) is 21.7 Å². The Bertz CT molecular complexity index is 870. The van der Waals surface area contributed by atoms with Crippen molar-refractivity contribution in [2.75, 3.05) is 6.26 Å². The van der Waals surface area contributed by atoms with Crippen molar-refractivity contribution in [3.05, 3.63) is 53.4 Å². The molecule has 2 aromatic carbocycles. The smallest absolute Gasteiger partial charge is 0.0639 e. The molecule has 3 heteroatoms. The van der Waals surface area contributed by atoms with Gasteiger partial charge in [0.15, 0.2) is 0 Å². The van der Waals surface area contributed by atoms with Gasteiger partial charge in [0.1, 0.15) is 0 Å². The summed E-state index contributed by atoms with van der Waals surface area (Å²) in [6, 6.07) is -4.53. The lowest BCUT2D eigenvalue weighted by molar-refractivity contribution is 0.687. The Hall–Kier alpha value is -1.12. The highest BCUT2D eigenvalue weighted by atomic mass is 35.5. The molecule has 0 spiro atoms. The molecule has 1 unspecified atom stereocenters. The second-order valence-corrected chi connectivity index (χ2v) is 4.54. The highest BCUT2D eigenvalue weighted by molar-refractivity contribution is 7.84. The van der Waals surface area contributed by atoms with E-state index in [-0.39, 0.29) is 16.0 Å². The van der Waals surface area contributed by atoms with Crippen LogP contribution in [-0.4, -0.2) is 10.5 Å². The second-order valence-electron chi connectivity index (χ2n) is 2.85. The lowest BCUT2D eigenvalue weighted by Gasteiger charge is -2.08. The molecular formula is C13H11ClOS. The predicted molar refractivity (Wildman–Crippen MR) is 69.2 cm³/mol. The van der Waals surface area contributed by atoms with Crippen LogP contribution < -0.4 is 0 Å². The summed E-state index contributed by atoms with van der Waals surface area (Å²) >= 11 is 6.04. The molecule has 0 amide bonds. The predicted octanol–water partition coefficient (Wildman–Crippen LogP) is 3.74. The molecule has 0 aliphatic heterocycles. The van der Waals surface area contributed by atoms with Crippen molar-refractivity contribution >= 4 is 22.4 Å². The lowest BCUT2D eigenvalue weighted by Crippen LogP contribution is -1.92. The van der Waals surface area contributed by atoms with Crippen LogP contribution in [0.1, 0.15) is 11.0 Å². The summed E-state index contributed by atoms with van der Waals surface area (Å²) in [7, 11) is -1.84. The van der Waals surface area contributed by atoms with Gasteiger partial charge in [-0.25, -0.2) is 0 Å². The molecule has 0 aliphatic rings. The van der Waals surface area contributed by atoms with Gasteiger partial charge in [-0.15, -0.1) is 0 Å². The Morgan fingerprint density at radius 3 is 2.31 bits per heavy atom. The molecule has 2 rings (SSSR count). The SMILES string of the molecule is [2H]c1c([2H])c([2H])c(-c2c([2H])c([2H])c([2H])c([2H])c2S(C)=O)c(Cl)c1[2H]. The minimum atomic E-state index is -1.84. The zero-order chi connectivity index (χ0) is 18.5. The maximum absolute atomic E-state index is 12.1. The van der Waals surface area contributed by atoms with E-state index in [4.69, 9.17) is 22.6 Å². The van der Waals surface area contributed by atoms with Gasteiger partial charge < -0.3 is 0 Å². The number of rotatable bonds is 2. The Labute approximate surface area is 114 Å².